The van der Waals surface area contributed by atoms with Crippen LogP contribution in [0.3, 0.4) is 0 Å². The monoisotopic (exact) mass is 689 g/mol. The molecule has 0 spiro atoms. The highest BCUT2D eigenvalue weighted by atomic mass is 32.2. The fourth-order valence-electron chi connectivity index (χ4n) is 5.62. The molecule has 0 aromatic heterocycles. The lowest BCUT2D eigenvalue weighted by Gasteiger charge is -2.34. The molecule has 50 heavy (non-hydrogen) atoms. The second-order valence-corrected chi connectivity index (χ2v) is 14.0. The number of para-hydroxylation sites is 1. The number of anilines is 1. The highest BCUT2D eigenvalue weighted by Gasteiger charge is 2.34. The molecular formula is C41H43N3O5S. The number of carbonyl (C=O) groups excluding carboxylic acids is 2. The molecule has 0 aliphatic carbocycles. The van der Waals surface area contributed by atoms with E-state index in [0.717, 1.165) is 33.8 Å². The summed E-state index contributed by atoms with van der Waals surface area (Å²) < 4.78 is 35.6. The van der Waals surface area contributed by atoms with Crippen LogP contribution in [0.1, 0.15) is 36.5 Å². The zero-order valence-electron chi connectivity index (χ0n) is 28.4. The maximum atomic E-state index is 14.7. The van der Waals surface area contributed by atoms with Crippen molar-refractivity contribution in [3.63, 3.8) is 0 Å². The van der Waals surface area contributed by atoms with Gasteiger partial charge in [0.15, 0.2) is 0 Å². The summed E-state index contributed by atoms with van der Waals surface area (Å²) >= 11 is 0. The van der Waals surface area contributed by atoms with Crippen LogP contribution in [0.25, 0.3) is 0 Å². The van der Waals surface area contributed by atoms with Crippen molar-refractivity contribution >= 4 is 27.5 Å². The van der Waals surface area contributed by atoms with E-state index in [4.69, 9.17) is 4.74 Å². The lowest BCUT2D eigenvalue weighted by molar-refractivity contribution is -0.140. The van der Waals surface area contributed by atoms with Crippen molar-refractivity contribution < 1.29 is 22.7 Å². The van der Waals surface area contributed by atoms with Gasteiger partial charge in [0.1, 0.15) is 24.1 Å². The summed E-state index contributed by atoms with van der Waals surface area (Å²) in [6.45, 7) is 4.06. The number of benzene rings is 5. The van der Waals surface area contributed by atoms with E-state index in [1.54, 1.807) is 42.5 Å². The molecule has 0 aliphatic heterocycles. The molecule has 0 aliphatic rings. The topological polar surface area (TPSA) is 96.0 Å². The van der Waals surface area contributed by atoms with Crippen LogP contribution in [-0.4, -0.2) is 44.3 Å². The fourth-order valence-corrected chi connectivity index (χ4v) is 7.06. The molecule has 0 heterocycles. The standard InChI is InChI=1S/C41H43N3O5S/c1-3-4-27-42-41(46)39(29-33-16-8-5-9-17-33)43(30-34-18-14-15-32(2)28-34)40(45)31-44(50(47,48)38-21-12-7-13-22-38)35-23-25-37(26-24-35)49-36-19-10-6-11-20-36/h5-26,28,39H,3-4,27,29-31H2,1-2H3,(H,42,46)/t39-/m1/s1. The predicted octanol–water partition coefficient (Wildman–Crippen LogP) is 7.54. The van der Waals surface area contributed by atoms with Crippen molar-refractivity contribution in [3.8, 4) is 11.5 Å². The van der Waals surface area contributed by atoms with E-state index in [0.29, 0.717) is 18.0 Å². The Hall–Kier alpha value is -5.41. The van der Waals surface area contributed by atoms with E-state index >= 15 is 0 Å². The van der Waals surface area contributed by atoms with E-state index in [-0.39, 0.29) is 29.5 Å². The third-order valence-electron chi connectivity index (χ3n) is 8.25. The van der Waals surface area contributed by atoms with E-state index in [1.165, 1.54) is 17.0 Å². The van der Waals surface area contributed by atoms with Crippen LogP contribution in [0.15, 0.2) is 144 Å². The minimum absolute atomic E-state index is 0.0424. The third-order valence-corrected chi connectivity index (χ3v) is 10.0. The number of nitrogens with one attached hydrogen (secondary N) is 1. The molecular weight excluding hydrogens is 647 g/mol. The van der Waals surface area contributed by atoms with Gasteiger partial charge in [-0.1, -0.05) is 110 Å². The van der Waals surface area contributed by atoms with Crippen LogP contribution in [0.5, 0.6) is 11.5 Å². The zero-order chi connectivity index (χ0) is 35.3. The van der Waals surface area contributed by atoms with Crippen molar-refractivity contribution in [2.45, 2.75) is 50.6 Å². The SMILES string of the molecule is CCCCNC(=O)[C@@H](Cc1ccccc1)N(Cc1cccc(C)c1)C(=O)CN(c1ccc(Oc2ccccc2)cc1)S(=O)(=O)c1ccccc1. The number of unbranched alkanes of at least 4 members (excludes halogenated alkanes) is 1. The summed E-state index contributed by atoms with van der Waals surface area (Å²) in [6.07, 6.45) is 1.95. The lowest BCUT2D eigenvalue weighted by Crippen LogP contribution is -2.53. The van der Waals surface area contributed by atoms with Gasteiger partial charge in [-0.15, -0.1) is 0 Å². The van der Waals surface area contributed by atoms with Crippen molar-refractivity contribution in [2.24, 2.45) is 0 Å². The van der Waals surface area contributed by atoms with Crippen molar-refractivity contribution in [1.29, 1.82) is 0 Å². The first-order valence-electron chi connectivity index (χ1n) is 16.8. The number of ether oxygens (including phenoxy) is 1. The van der Waals surface area contributed by atoms with E-state index in [1.807, 2.05) is 98.8 Å². The first kappa shape index (κ1) is 35.9. The number of hydrogen-bond donors (Lipinski definition) is 1. The van der Waals surface area contributed by atoms with Crippen molar-refractivity contribution in [2.75, 3.05) is 17.4 Å². The summed E-state index contributed by atoms with van der Waals surface area (Å²) in [6, 6.07) is 40.3. The van der Waals surface area contributed by atoms with Crippen molar-refractivity contribution in [1.82, 2.24) is 10.2 Å². The van der Waals surface area contributed by atoms with Gasteiger partial charge in [-0.25, -0.2) is 8.42 Å². The summed E-state index contributed by atoms with van der Waals surface area (Å²) in [5, 5.41) is 3.03. The number of aryl methyl sites for hydroxylation is 1. The van der Waals surface area contributed by atoms with Crippen LogP contribution in [-0.2, 0) is 32.6 Å². The molecule has 0 fully saturated rings. The summed E-state index contributed by atoms with van der Waals surface area (Å²) in [4.78, 5) is 30.2. The number of amides is 2. The van der Waals surface area contributed by atoms with Gasteiger partial charge in [-0.3, -0.25) is 13.9 Å². The third kappa shape index (κ3) is 9.60. The van der Waals surface area contributed by atoms with E-state index < -0.39 is 28.5 Å². The van der Waals surface area contributed by atoms with Crippen LogP contribution in [0.4, 0.5) is 5.69 Å². The van der Waals surface area contributed by atoms with E-state index in [2.05, 4.69) is 5.32 Å². The van der Waals surface area contributed by atoms with Gasteiger partial charge in [0.25, 0.3) is 10.0 Å². The average molecular weight is 690 g/mol. The molecule has 5 rings (SSSR count). The van der Waals surface area contributed by atoms with E-state index in [9.17, 15) is 18.0 Å². The Balaban J connectivity index is 1.54. The normalized spacial score (nSPS) is 11.7. The van der Waals surface area contributed by atoms with Gasteiger partial charge in [0.05, 0.1) is 10.6 Å². The molecule has 9 heteroatoms. The Bertz CT molecular complexity index is 1940. The van der Waals surface area contributed by atoms with Gasteiger partial charge in [-0.2, -0.15) is 0 Å². The Morgan fingerprint density at radius 2 is 1.34 bits per heavy atom. The fraction of sp³-hybridized carbons (Fsp3) is 0.220. The number of hydrogen-bond acceptors (Lipinski definition) is 5. The Kier molecular flexibility index (Phi) is 12.4. The molecule has 5 aromatic rings. The molecule has 0 unspecified atom stereocenters. The highest BCUT2D eigenvalue weighted by molar-refractivity contribution is 7.92. The number of carbonyl (C=O) groups is 2. The van der Waals surface area contributed by atoms with Crippen molar-refractivity contribution in [3.05, 3.63) is 156 Å². The van der Waals surface area contributed by atoms with Crippen LogP contribution >= 0.6 is 0 Å². The maximum absolute atomic E-state index is 14.7. The summed E-state index contributed by atoms with van der Waals surface area (Å²) in [7, 11) is -4.21. The zero-order valence-corrected chi connectivity index (χ0v) is 29.3. The second-order valence-electron chi connectivity index (χ2n) is 12.1. The second kappa shape index (κ2) is 17.3. The number of nitrogens with zero attached hydrogens (tertiary/aromatic N) is 2. The maximum Gasteiger partial charge on any atom is 0.264 e. The van der Waals surface area contributed by atoms with Crippen LogP contribution in [0, 0.1) is 6.92 Å². The molecule has 0 bridgehead atoms. The number of sulfonamides is 1. The lowest BCUT2D eigenvalue weighted by atomic mass is 10.0. The summed E-state index contributed by atoms with van der Waals surface area (Å²) in [5.74, 6) is 0.346. The largest absolute Gasteiger partial charge is 0.457 e. The average Bonchev–Trinajstić information content (AvgIpc) is 3.13. The Morgan fingerprint density at radius 1 is 0.740 bits per heavy atom. The predicted molar refractivity (Wildman–Crippen MR) is 198 cm³/mol. The minimum atomic E-state index is -4.21. The smallest absolute Gasteiger partial charge is 0.264 e. The Morgan fingerprint density at radius 3 is 1.98 bits per heavy atom. The minimum Gasteiger partial charge on any atom is -0.457 e. The highest BCUT2D eigenvalue weighted by Crippen LogP contribution is 2.29. The number of rotatable bonds is 16. The molecule has 0 radical (unpaired) electrons. The van der Waals surface area contributed by atoms with Gasteiger partial charge >= 0.3 is 0 Å². The molecule has 2 amide bonds. The van der Waals surface area contributed by atoms with Gasteiger partial charge in [-0.05, 0) is 73.0 Å². The molecule has 258 valence electrons. The van der Waals surface area contributed by atoms with Gasteiger partial charge in [0.2, 0.25) is 11.8 Å². The summed E-state index contributed by atoms with van der Waals surface area (Å²) in [5.41, 5.74) is 3.00. The quantitative estimate of drug-likeness (QED) is 0.108. The molecule has 0 saturated carbocycles. The molecule has 0 saturated heterocycles. The Labute approximate surface area is 295 Å². The van der Waals surface area contributed by atoms with Gasteiger partial charge < -0.3 is 15.0 Å². The first-order chi connectivity index (χ1) is 24.2. The van der Waals surface area contributed by atoms with Crippen LogP contribution in [0.2, 0.25) is 0 Å². The molecule has 5 aromatic carbocycles. The molecule has 1 atom stereocenters. The molecule has 8 nitrogen and oxygen atoms in total. The van der Waals surface area contributed by atoms with Gasteiger partial charge in [0, 0.05) is 19.5 Å². The van der Waals surface area contributed by atoms with Crippen LogP contribution < -0.4 is 14.4 Å². The first-order valence-corrected chi connectivity index (χ1v) is 18.3. The molecule has 1 N–H and O–H groups in total.